The summed E-state index contributed by atoms with van der Waals surface area (Å²) in [5.74, 6) is -3.56. The summed E-state index contributed by atoms with van der Waals surface area (Å²) in [6, 6.07) is 0. The number of unbranched alkanes of at least 4 members (excludes halogenated alkanes) is 1. The van der Waals surface area contributed by atoms with Gasteiger partial charge in [0.05, 0.1) is 0 Å². The zero-order valence-electron chi connectivity index (χ0n) is 16.5. The number of rotatable bonds is 7. The van der Waals surface area contributed by atoms with Crippen molar-refractivity contribution in [1.82, 2.24) is 0 Å². The molecule has 2 fully saturated rings. The molecule has 14 heteroatoms. The van der Waals surface area contributed by atoms with Gasteiger partial charge >= 0.3 is 66.0 Å². The van der Waals surface area contributed by atoms with Crippen LogP contribution in [0.4, 0.5) is 0 Å². The van der Waals surface area contributed by atoms with Gasteiger partial charge in [0, 0.05) is 19.2 Å². The molecule has 0 aromatic carbocycles. The van der Waals surface area contributed by atoms with E-state index in [0.717, 1.165) is 25.7 Å². The van der Waals surface area contributed by atoms with Crippen molar-refractivity contribution in [2.24, 2.45) is 10.8 Å². The van der Waals surface area contributed by atoms with E-state index in [4.69, 9.17) is 31.9 Å². The van der Waals surface area contributed by atoms with Crippen LogP contribution >= 0.6 is 0 Å². The molecule has 0 amide bonds. The molecule has 14 N–H and O–H groups in total. The average molecular weight is 801 g/mol. The summed E-state index contributed by atoms with van der Waals surface area (Å²) in [7, 11) is 0. The van der Waals surface area contributed by atoms with E-state index >= 15 is 0 Å². The van der Waals surface area contributed by atoms with Crippen molar-refractivity contribution in [3.63, 3.8) is 0 Å². The maximum Gasteiger partial charge on any atom is 4.00 e. The fraction of sp³-hybridized carbons (Fsp3) is 0.750. The average Bonchev–Trinajstić information content (AvgIpc) is 2.42. The van der Waals surface area contributed by atoms with Crippen LogP contribution in [0, 0.1) is 10.8 Å². The van der Waals surface area contributed by atoms with E-state index in [9.17, 15) is 19.2 Å². The van der Waals surface area contributed by atoms with E-state index in [2.05, 4.69) is 0 Å². The van der Waals surface area contributed by atoms with Crippen LogP contribution in [0.1, 0.15) is 51.4 Å². The van der Waals surface area contributed by atoms with Crippen LogP contribution in [-0.4, -0.2) is 57.4 Å². The maximum absolute atomic E-state index is 10.5. The maximum atomic E-state index is 10.5. The molecule has 0 spiro atoms. The molecule has 12 nitrogen and oxygen atoms in total. The van der Waals surface area contributed by atoms with Crippen LogP contribution in [0.2, 0.25) is 0 Å². The number of hydrogen-bond donors (Lipinski definition) is 0. The topological polar surface area (TPSA) is 274 Å². The molecule has 2 aliphatic carbocycles. The Bertz CT molecular complexity index is 451. The van der Waals surface area contributed by atoms with Crippen LogP contribution in [-0.2, 0) is 61.3 Å². The molecule has 0 atom stereocenters. The van der Waals surface area contributed by atoms with Crippen LogP contribution in [0.3, 0.4) is 0 Å². The van der Waals surface area contributed by atoms with Gasteiger partial charge in [0.25, 0.3) is 10.8 Å². The fourth-order valence-electron chi connectivity index (χ4n) is 2.43. The van der Waals surface area contributed by atoms with E-state index < -0.39 is 34.7 Å². The normalized spacial score (nSPS) is 15.9. The number of hydrogen-bond acceptors (Lipinski definition) is 4. The van der Waals surface area contributed by atoms with Gasteiger partial charge in [-0.1, -0.05) is 12.8 Å². The van der Waals surface area contributed by atoms with Crippen molar-refractivity contribution >= 4 is 23.9 Å². The molecule has 0 bridgehead atoms. The van der Waals surface area contributed by atoms with Crippen molar-refractivity contribution < 1.29 is 81.7 Å². The largest absolute Gasteiger partial charge is 4.00 e. The van der Waals surface area contributed by atoms with Crippen LogP contribution in [0.5, 0.6) is 0 Å². The summed E-state index contributed by atoms with van der Waals surface area (Å²) in [4.78, 5) is 42.1. The van der Waals surface area contributed by atoms with E-state index in [0.29, 0.717) is 38.8 Å². The molecule has 0 aromatic rings. The van der Waals surface area contributed by atoms with E-state index in [1.54, 1.807) is 0 Å². The molecular formula is C16H34N4O8Pt2+8. The third-order valence-corrected chi connectivity index (χ3v) is 4.76. The Labute approximate surface area is 204 Å². The third kappa shape index (κ3) is 10.4. The molecule has 0 saturated heterocycles. The zero-order valence-corrected chi connectivity index (χ0v) is 21.0. The minimum absolute atomic E-state index is 0. The van der Waals surface area contributed by atoms with Gasteiger partial charge in [0.1, 0.15) is 0 Å². The number of carbonyl (C=O) groups excluding carboxylic acids is 4. The van der Waals surface area contributed by atoms with Crippen molar-refractivity contribution in [1.29, 1.82) is 0 Å². The van der Waals surface area contributed by atoms with Crippen molar-refractivity contribution in [3.05, 3.63) is 23.8 Å². The monoisotopic (exact) mass is 800 g/mol. The molecule has 0 radical (unpaired) electrons. The molecule has 30 heavy (non-hydrogen) atoms. The molecule has 0 heterocycles. The van der Waals surface area contributed by atoms with Gasteiger partial charge in [-0.05, 0) is 38.5 Å². The van der Waals surface area contributed by atoms with Gasteiger partial charge in [-0.3, -0.25) is 0 Å². The van der Waals surface area contributed by atoms with E-state index in [-0.39, 0.29) is 54.4 Å². The van der Waals surface area contributed by atoms with Crippen molar-refractivity contribution in [2.45, 2.75) is 51.4 Å². The second kappa shape index (κ2) is 18.8. The van der Waals surface area contributed by atoms with Gasteiger partial charge in [0.2, 0.25) is 0 Å². The number of nitrogens with two attached hydrogens (primary N) is 2. The second-order valence-corrected chi connectivity index (χ2v) is 6.39. The Morgan fingerprint density at radius 3 is 0.833 bits per heavy atom. The summed E-state index contributed by atoms with van der Waals surface area (Å²) in [5, 5.41) is 26.9. The Morgan fingerprint density at radius 1 is 0.600 bits per heavy atom. The Balaban J connectivity index is -0.000000101. The minimum atomic E-state index is -1.22. The number of carbonyl (C=O) groups is 4. The summed E-state index contributed by atoms with van der Waals surface area (Å²) >= 11 is 0. The molecule has 2 saturated carbocycles. The summed E-state index contributed by atoms with van der Waals surface area (Å²) in [6.07, 6.45) is 4.96. The second-order valence-electron chi connectivity index (χ2n) is 6.39. The summed E-state index contributed by atoms with van der Waals surface area (Å²) in [6.45, 7) is 0.970. The smallest absolute Gasteiger partial charge is 0.693 e. The van der Waals surface area contributed by atoms with E-state index in [1.165, 1.54) is 0 Å². The standard InChI is InChI=1S/2C6H8O4.C4H10N2.2H2N.2Pt/c2*7-4(8)6(5(9)10)2-1-3-6;5-3-1-2-4-6;;;;/h2*1-3H2,(H,7,8)(H,9,10);5-6H,1-4H2;2*1H2;;/q;;-2;2*-1;2*+4/p+4. The van der Waals surface area contributed by atoms with Gasteiger partial charge in [0.15, 0.2) is 0 Å². The molecule has 0 unspecified atom stereocenters. The predicted molar refractivity (Wildman–Crippen MR) is 105 cm³/mol. The molecule has 2 rings (SSSR count). The third-order valence-electron chi connectivity index (χ3n) is 4.76. The summed E-state index contributed by atoms with van der Waals surface area (Å²) in [5.41, 5.74) is 10.8. The quantitative estimate of drug-likeness (QED) is 0.203. The van der Waals surface area contributed by atoms with Gasteiger partial charge in [-0.15, -0.1) is 0 Å². The first-order valence-corrected chi connectivity index (χ1v) is 8.44. The van der Waals surface area contributed by atoms with Gasteiger partial charge < -0.3 is 44.2 Å². The molecule has 2 aliphatic rings. The fourth-order valence-corrected chi connectivity index (χ4v) is 2.43. The Hall–Kier alpha value is -0.903. The van der Waals surface area contributed by atoms with Gasteiger partial charge in [-0.25, -0.2) is 0 Å². The molecule has 178 valence electrons. The SMILES string of the molecule is O=C([OH2+])C1(C(=O)[OH2+])CCC1.O=C([OH2+])C1(C(=O)[OH2+])CCC1.[NH-]CCCC[NH-].[NH2-].[NH2-].[Pt+4].[Pt+4]. The number of nitrogens with one attached hydrogen (secondary N) is 2. The first-order chi connectivity index (χ1) is 12.1. The van der Waals surface area contributed by atoms with E-state index in [1.807, 2.05) is 0 Å². The van der Waals surface area contributed by atoms with Crippen LogP contribution in [0.25, 0.3) is 23.8 Å². The summed E-state index contributed by atoms with van der Waals surface area (Å²) < 4.78 is 0. The predicted octanol–water partition coefficient (Wildman–Crippen LogP) is 0.618. The zero-order chi connectivity index (χ0) is 20.4. The van der Waals surface area contributed by atoms with Crippen molar-refractivity contribution in [3.8, 4) is 0 Å². The van der Waals surface area contributed by atoms with Gasteiger partial charge in [-0.2, -0.15) is 13.1 Å². The molecule has 0 aliphatic heterocycles. The first kappa shape index (κ1) is 39.6. The Kier molecular flexibility index (Phi) is 24.8. The van der Waals surface area contributed by atoms with Crippen LogP contribution < -0.4 is 0 Å². The Morgan fingerprint density at radius 2 is 0.800 bits per heavy atom. The molecular weight excluding hydrogens is 766 g/mol. The van der Waals surface area contributed by atoms with Crippen molar-refractivity contribution in [2.75, 3.05) is 13.1 Å². The first-order valence-electron chi connectivity index (χ1n) is 8.44. The molecule has 0 aromatic heterocycles. The van der Waals surface area contributed by atoms with Crippen LogP contribution in [0.15, 0.2) is 0 Å². The minimum Gasteiger partial charge on any atom is -0.693 e.